The van der Waals surface area contributed by atoms with E-state index in [1.165, 1.54) is 30.5 Å². The summed E-state index contributed by atoms with van der Waals surface area (Å²) in [7, 11) is 1.76. The van der Waals surface area contributed by atoms with Gasteiger partial charge in [0.25, 0.3) is 0 Å². The van der Waals surface area contributed by atoms with E-state index in [0.29, 0.717) is 28.7 Å². The van der Waals surface area contributed by atoms with E-state index >= 15 is 0 Å². The Morgan fingerprint density at radius 3 is 2.44 bits per heavy atom. The molecule has 1 aliphatic rings. The van der Waals surface area contributed by atoms with Gasteiger partial charge in [-0.15, -0.1) is 0 Å². The SMILES string of the molecule is COCC1CCC(c2ccc(C(=O)Oc3ccc(C#N)c(Cl)c3)cc2)CC1. The molecule has 0 N–H and O–H groups in total. The zero-order valence-electron chi connectivity index (χ0n) is 15.3. The first-order valence-corrected chi connectivity index (χ1v) is 9.49. The Balaban J connectivity index is 1.61. The number of carbonyl (C=O) groups excluding carboxylic acids is 1. The van der Waals surface area contributed by atoms with Gasteiger partial charge in [-0.3, -0.25) is 0 Å². The molecule has 0 heterocycles. The highest BCUT2D eigenvalue weighted by Gasteiger charge is 2.22. The van der Waals surface area contributed by atoms with Gasteiger partial charge in [0.1, 0.15) is 11.8 Å². The molecular formula is C22H22ClNO3. The number of methoxy groups -OCH3 is 1. The van der Waals surface area contributed by atoms with Crippen molar-refractivity contribution in [3.8, 4) is 11.8 Å². The lowest BCUT2D eigenvalue weighted by molar-refractivity contribution is 0.0734. The van der Waals surface area contributed by atoms with Gasteiger partial charge in [0.05, 0.1) is 16.1 Å². The number of nitriles is 1. The van der Waals surface area contributed by atoms with Crippen LogP contribution in [0.25, 0.3) is 0 Å². The highest BCUT2D eigenvalue weighted by molar-refractivity contribution is 6.31. The topological polar surface area (TPSA) is 59.3 Å². The Morgan fingerprint density at radius 1 is 1.15 bits per heavy atom. The lowest BCUT2D eigenvalue weighted by Gasteiger charge is -2.28. The molecule has 3 rings (SSSR count). The van der Waals surface area contributed by atoms with E-state index in [0.717, 1.165) is 19.4 Å². The fourth-order valence-electron chi connectivity index (χ4n) is 3.61. The molecule has 0 aromatic heterocycles. The van der Waals surface area contributed by atoms with Gasteiger partial charge < -0.3 is 9.47 Å². The third kappa shape index (κ3) is 4.88. The summed E-state index contributed by atoms with van der Waals surface area (Å²) in [5.74, 6) is 1.09. The van der Waals surface area contributed by atoms with Gasteiger partial charge in [0.15, 0.2) is 0 Å². The third-order valence-corrected chi connectivity index (χ3v) is 5.45. The normalized spacial score (nSPS) is 19.3. The second-order valence-electron chi connectivity index (χ2n) is 6.94. The Kier molecular flexibility index (Phi) is 6.49. The van der Waals surface area contributed by atoms with Crippen molar-refractivity contribution >= 4 is 17.6 Å². The summed E-state index contributed by atoms with van der Waals surface area (Å²) >= 11 is 5.97. The molecule has 1 aliphatic carbocycles. The molecule has 0 spiro atoms. The second-order valence-corrected chi connectivity index (χ2v) is 7.35. The van der Waals surface area contributed by atoms with Crippen LogP contribution in [0.15, 0.2) is 42.5 Å². The zero-order chi connectivity index (χ0) is 19.2. The first kappa shape index (κ1) is 19.4. The van der Waals surface area contributed by atoms with Crippen LogP contribution in [0.1, 0.15) is 53.1 Å². The van der Waals surface area contributed by atoms with E-state index in [9.17, 15) is 4.79 Å². The fourth-order valence-corrected chi connectivity index (χ4v) is 3.82. The lowest BCUT2D eigenvalue weighted by Crippen LogP contribution is -2.17. The maximum absolute atomic E-state index is 12.3. The third-order valence-electron chi connectivity index (χ3n) is 5.14. The molecule has 2 aromatic carbocycles. The van der Waals surface area contributed by atoms with Gasteiger partial charge in [-0.05, 0) is 67.3 Å². The van der Waals surface area contributed by atoms with Crippen LogP contribution >= 0.6 is 11.6 Å². The smallest absolute Gasteiger partial charge is 0.343 e. The average molecular weight is 384 g/mol. The summed E-state index contributed by atoms with van der Waals surface area (Å²) in [6.45, 7) is 0.844. The summed E-state index contributed by atoms with van der Waals surface area (Å²) in [5.41, 5.74) is 2.11. The van der Waals surface area contributed by atoms with Gasteiger partial charge in [-0.25, -0.2) is 4.79 Å². The summed E-state index contributed by atoms with van der Waals surface area (Å²) in [6.07, 6.45) is 4.67. The molecule has 0 bridgehead atoms. The second kappa shape index (κ2) is 9.03. The fraction of sp³-hybridized carbons (Fsp3) is 0.364. The van der Waals surface area contributed by atoms with E-state index in [4.69, 9.17) is 26.3 Å². The largest absolute Gasteiger partial charge is 0.423 e. The van der Waals surface area contributed by atoms with E-state index in [2.05, 4.69) is 0 Å². The maximum Gasteiger partial charge on any atom is 0.343 e. The first-order chi connectivity index (χ1) is 13.1. The van der Waals surface area contributed by atoms with Crippen LogP contribution in [0, 0.1) is 17.2 Å². The van der Waals surface area contributed by atoms with Gasteiger partial charge in [0.2, 0.25) is 0 Å². The van der Waals surface area contributed by atoms with Crippen LogP contribution in [-0.4, -0.2) is 19.7 Å². The van der Waals surface area contributed by atoms with Crippen molar-refractivity contribution in [1.29, 1.82) is 5.26 Å². The molecule has 140 valence electrons. The summed E-state index contributed by atoms with van der Waals surface area (Å²) < 4.78 is 10.6. The minimum atomic E-state index is -0.439. The van der Waals surface area contributed by atoms with Crippen LogP contribution in [0.5, 0.6) is 5.75 Å². The molecule has 0 amide bonds. The van der Waals surface area contributed by atoms with Gasteiger partial charge in [-0.2, -0.15) is 5.26 Å². The molecule has 0 atom stereocenters. The predicted molar refractivity (Wildman–Crippen MR) is 104 cm³/mol. The first-order valence-electron chi connectivity index (χ1n) is 9.11. The average Bonchev–Trinajstić information content (AvgIpc) is 2.69. The van der Waals surface area contributed by atoms with Crippen molar-refractivity contribution in [2.24, 2.45) is 5.92 Å². The van der Waals surface area contributed by atoms with Gasteiger partial charge >= 0.3 is 5.97 Å². The molecule has 0 unspecified atom stereocenters. The molecule has 0 saturated heterocycles. The Morgan fingerprint density at radius 2 is 1.85 bits per heavy atom. The monoisotopic (exact) mass is 383 g/mol. The number of ether oxygens (including phenoxy) is 2. The van der Waals surface area contributed by atoms with E-state index < -0.39 is 5.97 Å². The Labute approximate surface area is 164 Å². The van der Waals surface area contributed by atoms with Crippen LogP contribution in [0.2, 0.25) is 5.02 Å². The predicted octanol–water partition coefficient (Wildman–Crippen LogP) is 5.35. The summed E-state index contributed by atoms with van der Waals surface area (Å²) in [6, 6.07) is 14.2. The van der Waals surface area contributed by atoms with Crippen molar-refractivity contribution in [3.63, 3.8) is 0 Å². The van der Waals surface area contributed by atoms with E-state index in [-0.39, 0.29) is 5.02 Å². The minimum absolute atomic E-state index is 0.266. The van der Waals surface area contributed by atoms with Crippen molar-refractivity contribution in [1.82, 2.24) is 0 Å². The number of hydrogen-bond donors (Lipinski definition) is 0. The van der Waals surface area contributed by atoms with E-state index in [1.807, 2.05) is 30.3 Å². The Bertz CT molecular complexity index is 834. The number of hydrogen-bond acceptors (Lipinski definition) is 4. The molecular weight excluding hydrogens is 362 g/mol. The molecule has 4 nitrogen and oxygen atoms in total. The molecule has 1 saturated carbocycles. The number of benzene rings is 2. The Hall–Kier alpha value is -2.35. The van der Waals surface area contributed by atoms with Crippen molar-refractivity contribution in [2.45, 2.75) is 31.6 Å². The van der Waals surface area contributed by atoms with Crippen LogP contribution in [-0.2, 0) is 4.74 Å². The molecule has 27 heavy (non-hydrogen) atoms. The highest BCUT2D eigenvalue weighted by Crippen LogP contribution is 2.36. The van der Waals surface area contributed by atoms with Crippen molar-refractivity contribution in [2.75, 3.05) is 13.7 Å². The van der Waals surface area contributed by atoms with Crippen LogP contribution in [0.4, 0.5) is 0 Å². The van der Waals surface area contributed by atoms with Gasteiger partial charge in [-0.1, -0.05) is 23.7 Å². The standard InChI is InChI=1S/C22H22ClNO3/c1-26-14-15-2-4-16(5-3-15)17-6-8-18(9-7-17)22(25)27-20-11-10-19(13-24)21(23)12-20/h6-12,15-16H,2-5,14H2,1H3. The van der Waals surface area contributed by atoms with Crippen LogP contribution in [0.3, 0.4) is 0 Å². The molecule has 5 heteroatoms. The van der Waals surface area contributed by atoms with Crippen LogP contribution < -0.4 is 4.74 Å². The van der Waals surface area contributed by atoms with E-state index in [1.54, 1.807) is 13.2 Å². The lowest BCUT2D eigenvalue weighted by atomic mass is 9.79. The number of rotatable bonds is 5. The number of nitrogens with zero attached hydrogens (tertiary/aromatic N) is 1. The summed E-state index contributed by atoms with van der Waals surface area (Å²) in [5, 5.41) is 9.16. The zero-order valence-corrected chi connectivity index (χ0v) is 16.0. The summed E-state index contributed by atoms with van der Waals surface area (Å²) in [4.78, 5) is 12.3. The molecule has 2 aromatic rings. The molecule has 0 radical (unpaired) electrons. The number of carbonyl (C=O) groups is 1. The van der Waals surface area contributed by atoms with Crippen molar-refractivity contribution in [3.05, 3.63) is 64.2 Å². The molecule has 1 fully saturated rings. The minimum Gasteiger partial charge on any atom is -0.423 e. The van der Waals surface area contributed by atoms with Gasteiger partial charge in [0, 0.05) is 19.8 Å². The van der Waals surface area contributed by atoms with Crippen molar-refractivity contribution < 1.29 is 14.3 Å². The quantitative estimate of drug-likeness (QED) is 0.515. The molecule has 0 aliphatic heterocycles. The maximum atomic E-state index is 12.3. The number of esters is 1. The number of halogens is 1. The highest BCUT2D eigenvalue weighted by atomic mass is 35.5.